The highest BCUT2D eigenvalue weighted by Gasteiger charge is 2.20. The minimum Gasteiger partial charge on any atom is -0.399 e. The van der Waals surface area contributed by atoms with Crippen LogP contribution in [0.15, 0.2) is 18.2 Å². The molecular weight excluding hydrogens is 296 g/mol. The Balaban J connectivity index is 2.59. The van der Waals surface area contributed by atoms with Crippen LogP contribution in [0.1, 0.15) is 33.1 Å². The number of nitrogens with one attached hydrogen (secondary N) is 1. The lowest BCUT2D eigenvalue weighted by molar-refractivity contribution is -0.115. The first-order valence-electron chi connectivity index (χ1n) is 6.68. The third kappa shape index (κ3) is 5.13. The van der Waals surface area contributed by atoms with Crippen molar-refractivity contribution in [1.82, 2.24) is 0 Å². The van der Waals surface area contributed by atoms with Crippen LogP contribution < -0.4 is 11.1 Å². The van der Waals surface area contributed by atoms with Gasteiger partial charge in [-0.05, 0) is 31.5 Å². The van der Waals surface area contributed by atoms with E-state index in [1.165, 1.54) is 0 Å². The van der Waals surface area contributed by atoms with Gasteiger partial charge in [-0.25, -0.2) is 0 Å². The summed E-state index contributed by atoms with van der Waals surface area (Å²) in [6.07, 6.45) is 2.98. The van der Waals surface area contributed by atoms with Crippen LogP contribution in [0.3, 0.4) is 0 Å². The number of hydrogen-bond donors (Lipinski definition) is 2. The summed E-state index contributed by atoms with van der Waals surface area (Å²) in [5.41, 5.74) is 6.61. The van der Waals surface area contributed by atoms with Crippen molar-refractivity contribution in [2.24, 2.45) is 0 Å². The van der Waals surface area contributed by atoms with E-state index in [0.29, 0.717) is 22.2 Å². The number of nitrogens with two attached hydrogens (primary N) is 1. The molecule has 0 radical (unpaired) electrons. The van der Waals surface area contributed by atoms with Crippen LogP contribution in [0.2, 0.25) is 5.02 Å². The van der Waals surface area contributed by atoms with E-state index in [0.717, 1.165) is 19.3 Å². The van der Waals surface area contributed by atoms with Crippen molar-refractivity contribution in [1.29, 1.82) is 0 Å². The minimum atomic E-state index is -1.16. The van der Waals surface area contributed by atoms with Gasteiger partial charge in [-0.1, -0.05) is 31.4 Å². The van der Waals surface area contributed by atoms with E-state index >= 15 is 0 Å². The first-order valence-corrected chi connectivity index (χ1v) is 8.44. The second kappa shape index (κ2) is 8.27. The molecule has 0 fully saturated rings. The molecule has 2 atom stereocenters. The van der Waals surface area contributed by atoms with Crippen LogP contribution in [-0.4, -0.2) is 21.1 Å². The highest BCUT2D eigenvalue weighted by atomic mass is 35.5. The molecule has 2 unspecified atom stereocenters. The van der Waals surface area contributed by atoms with Crippen molar-refractivity contribution in [2.75, 3.05) is 16.8 Å². The van der Waals surface area contributed by atoms with Gasteiger partial charge in [0.25, 0.3) is 0 Å². The molecular formula is C14H21ClN2O2S. The smallest absolute Gasteiger partial charge is 0.239 e. The van der Waals surface area contributed by atoms with Crippen LogP contribution >= 0.6 is 11.6 Å². The molecule has 4 nitrogen and oxygen atoms in total. The highest BCUT2D eigenvalue weighted by Crippen LogP contribution is 2.24. The molecule has 0 bridgehead atoms. The number of rotatable bonds is 7. The molecule has 0 saturated carbocycles. The van der Waals surface area contributed by atoms with Gasteiger partial charge in [-0.3, -0.25) is 9.00 Å². The van der Waals surface area contributed by atoms with Gasteiger partial charge in [0.1, 0.15) is 5.25 Å². The summed E-state index contributed by atoms with van der Waals surface area (Å²) in [5, 5.41) is 2.51. The van der Waals surface area contributed by atoms with E-state index in [4.69, 9.17) is 17.3 Å². The van der Waals surface area contributed by atoms with E-state index in [2.05, 4.69) is 12.2 Å². The van der Waals surface area contributed by atoms with Gasteiger partial charge >= 0.3 is 0 Å². The van der Waals surface area contributed by atoms with Crippen molar-refractivity contribution < 1.29 is 9.00 Å². The monoisotopic (exact) mass is 316 g/mol. The van der Waals surface area contributed by atoms with E-state index < -0.39 is 16.0 Å². The Morgan fingerprint density at radius 2 is 2.15 bits per heavy atom. The average Bonchev–Trinajstić information content (AvgIpc) is 2.41. The molecule has 0 aliphatic heterocycles. The summed E-state index contributed by atoms with van der Waals surface area (Å²) in [6.45, 7) is 3.75. The predicted molar refractivity (Wildman–Crippen MR) is 86.5 cm³/mol. The third-order valence-corrected chi connectivity index (χ3v) is 4.97. The summed E-state index contributed by atoms with van der Waals surface area (Å²) in [6, 6.07) is 4.87. The first kappa shape index (κ1) is 17.0. The second-order valence-corrected chi connectivity index (χ2v) is 6.95. The van der Waals surface area contributed by atoms with Gasteiger partial charge in [0.2, 0.25) is 5.91 Å². The molecule has 0 aromatic heterocycles. The van der Waals surface area contributed by atoms with Crippen molar-refractivity contribution >= 4 is 39.7 Å². The molecule has 0 saturated heterocycles. The number of amides is 1. The number of nitrogen functional groups attached to an aromatic ring is 1. The number of halogens is 1. The second-order valence-electron chi connectivity index (χ2n) is 4.66. The summed E-state index contributed by atoms with van der Waals surface area (Å²) < 4.78 is 12.0. The predicted octanol–water partition coefficient (Wildman–Crippen LogP) is 3.19. The first-order chi connectivity index (χ1) is 9.45. The Bertz CT molecular complexity index is 494. The summed E-state index contributed by atoms with van der Waals surface area (Å²) in [4.78, 5) is 12.0. The zero-order valence-electron chi connectivity index (χ0n) is 11.8. The maximum absolute atomic E-state index is 12.0. The Kier molecular flexibility index (Phi) is 7.02. The fourth-order valence-corrected chi connectivity index (χ4v) is 3.03. The molecule has 0 aliphatic carbocycles. The number of hydrogen-bond acceptors (Lipinski definition) is 3. The molecule has 3 N–H and O–H groups in total. The lowest BCUT2D eigenvalue weighted by Gasteiger charge is -2.13. The molecule has 112 valence electrons. The van der Waals surface area contributed by atoms with Crippen LogP contribution in [0.5, 0.6) is 0 Å². The Hall–Kier alpha value is -1.07. The van der Waals surface area contributed by atoms with E-state index in [1.54, 1.807) is 25.1 Å². The third-order valence-electron chi connectivity index (χ3n) is 2.96. The van der Waals surface area contributed by atoms with Crippen LogP contribution in [0, 0.1) is 0 Å². The standard InChI is InChI=1S/C14H21ClN2O2S/c1-3-4-5-8-20(19)10(2)14(18)17-13-7-6-11(16)9-12(13)15/h6-7,9-10H,3-5,8,16H2,1-2H3,(H,17,18). The van der Waals surface area contributed by atoms with E-state index in [1.807, 2.05) is 0 Å². The lowest BCUT2D eigenvalue weighted by atomic mass is 10.2. The minimum absolute atomic E-state index is 0.286. The average molecular weight is 317 g/mol. The maximum Gasteiger partial charge on any atom is 0.239 e. The summed E-state index contributed by atoms with van der Waals surface area (Å²) >= 11 is 5.99. The molecule has 0 heterocycles. The number of benzene rings is 1. The van der Waals surface area contributed by atoms with Crippen LogP contribution in [0.25, 0.3) is 0 Å². The normalized spacial score (nSPS) is 13.8. The zero-order valence-corrected chi connectivity index (χ0v) is 13.4. The Morgan fingerprint density at radius 1 is 1.45 bits per heavy atom. The Morgan fingerprint density at radius 3 is 2.75 bits per heavy atom. The largest absolute Gasteiger partial charge is 0.399 e. The zero-order chi connectivity index (χ0) is 15.1. The number of unbranched alkanes of at least 4 members (excludes halogenated alkanes) is 2. The van der Waals surface area contributed by atoms with Gasteiger partial charge < -0.3 is 11.1 Å². The van der Waals surface area contributed by atoms with Gasteiger partial charge in [-0.15, -0.1) is 0 Å². The number of anilines is 2. The fourth-order valence-electron chi connectivity index (χ4n) is 1.66. The quantitative estimate of drug-likeness (QED) is 0.599. The molecule has 1 rings (SSSR count). The maximum atomic E-state index is 12.0. The Labute approximate surface area is 127 Å². The van der Waals surface area contributed by atoms with Crippen molar-refractivity contribution in [3.63, 3.8) is 0 Å². The molecule has 0 spiro atoms. The van der Waals surface area contributed by atoms with Crippen LogP contribution in [-0.2, 0) is 15.6 Å². The number of carbonyl (C=O) groups excluding carboxylic acids is 1. The van der Waals surface area contributed by atoms with Gasteiger partial charge in [-0.2, -0.15) is 0 Å². The summed E-state index contributed by atoms with van der Waals surface area (Å²) in [7, 11) is -1.16. The topological polar surface area (TPSA) is 72.2 Å². The van der Waals surface area contributed by atoms with Gasteiger partial charge in [0.15, 0.2) is 0 Å². The van der Waals surface area contributed by atoms with Crippen molar-refractivity contribution in [2.45, 2.75) is 38.4 Å². The van der Waals surface area contributed by atoms with Gasteiger partial charge in [0, 0.05) is 22.2 Å². The van der Waals surface area contributed by atoms with Crippen LogP contribution in [0.4, 0.5) is 11.4 Å². The molecule has 0 aliphatic rings. The molecule has 1 aromatic carbocycles. The molecule has 1 amide bonds. The summed E-state index contributed by atoms with van der Waals surface area (Å²) in [5.74, 6) is 0.268. The number of carbonyl (C=O) groups is 1. The molecule has 1 aromatic rings. The van der Waals surface area contributed by atoms with E-state index in [-0.39, 0.29) is 5.91 Å². The van der Waals surface area contributed by atoms with E-state index in [9.17, 15) is 9.00 Å². The fraction of sp³-hybridized carbons (Fsp3) is 0.500. The van der Waals surface area contributed by atoms with Crippen molar-refractivity contribution in [3.8, 4) is 0 Å². The van der Waals surface area contributed by atoms with Crippen molar-refractivity contribution in [3.05, 3.63) is 23.2 Å². The molecule has 20 heavy (non-hydrogen) atoms. The molecule has 6 heteroatoms. The van der Waals surface area contributed by atoms with Gasteiger partial charge in [0.05, 0.1) is 10.7 Å². The SMILES string of the molecule is CCCCCS(=O)C(C)C(=O)Nc1ccc(N)cc1Cl. The lowest BCUT2D eigenvalue weighted by Crippen LogP contribution is -2.30. The highest BCUT2D eigenvalue weighted by molar-refractivity contribution is 7.86.